The summed E-state index contributed by atoms with van der Waals surface area (Å²) in [7, 11) is 0. The number of hydrogen-bond donors (Lipinski definition) is 3. The Kier molecular flexibility index (Phi) is 7.46. The van der Waals surface area contributed by atoms with E-state index >= 15 is 0 Å². The van der Waals surface area contributed by atoms with E-state index in [4.69, 9.17) is 21.4 Å². The summed E-state index contributed by atoms with van der Waals surface area (Å²) in [5.74, 6) is 0.180. The van der Waals surface area contributed by atoms with Crippen LogP contribution in [-0.2, 0) is 6.54 Å². The Hall–Kier alpha value is -6.62. The van der Waals surface area contributed by atoms with Crippen molar-refractivity contribution in [3.05, 3.63) is 138 Å². The molecular weight excluding hydrogens is 590 g/mol. The van der Waals surface area contributed by atoms with E-state index in [1.165, 1.54) is 4.68 Å². The van der Waals surface area contributed by atoms with Gasteiger partial charge in [-0.3, -0.25) is 14.2 Å². The predicted molar refractivity (Wildman–Crippen MR) is 180 cm³/mol. The Morgan fingerprint density at radius 3 is 2.30 bits per heavy atom. The van der Waals surface area contributed by atoms with Gasteiger partial charge in [0.2, 0.25) is 0 Å². The predicted octanol–water partition coefficient (Wildman–Crippen LogP) is 5.25. The van der Waals surface area contributed by atoms with Crippen molar-refractivity contribution in [3.63, 3.8) is 0 Å². The van der Waals surface area contributed by atoms with E-state index in [0.29, 0.717) is 46.3 Å². The number of nitrogens with zero attached hydrogens (tertiary/aromatic N) is 6. The van der Waals surface area contributed by atoms with E-state index in [1.807, 2.05) is 83.4 Å². The standard InChI is InChI=1S/C36H29N9O2/c1-22-20-31(33(38)46)45(43-22)27-15-11-25(12-16-27)36(47)40-21-23-9-13-26(14-10-23)44-34(28-8-5-19-39-32(28)37)42-30-18-17-29(41-35(30)44)24-6-3-2-4-7-24/h2-20H,21H2,1H3,(H2,37,39)(H2,38,46)(H,40,47). The van der Waals surface area contributed by atoms with Gasteiger partial charge in [-0.05, 0) is 79.2 Å². The Morgan fingerprint density at radius 2 is 1.57 bits per heavy atom. The monoisotopic (exact) mass is 619 g/mol. The fraction of sp³-hybridized carbons (Fsp3) is 0.0556. The maximum absolute atomic E-state index is 13.0. The number of amides is 2. The second-order valence-electron chi connectivity index (χ2n) is 11.0. The number of primary amides is 1. The van der Waals surface area contributed by atoms with Gasteiger partial charge >= 0.3 is 0 Å². The minimum atomic E-state index is -0.578. The van der Waals surface area contributed by atoms with E-state index in [-0.39, 0.29) is 11.6 Å². The zero-order chi connectivity index (χ0) is 32.5. The van der Waals surface area contributed by atoms with Crippen molar-refractivity contribution in [2.24, 2.45) is 5.73 Å². The normalized spacial score (nSPS) is 11.1. The maximum Gasteiger partial charge on any atom is 0.267 e. The summed E-state index contributed by atoms with van der Waals surface area (Å²) < 4.78 is 3.44. The van der Waals surface area contributed by atoms with E-state index < -0.39 is 5.91 Å². The highest BCUT2D eigenvalue weighted by molar-refractivity contribution is 5.94. The van der Waals surface area contributed by atoms with Gasteiger partial charge in [0.1, 0.15) is 17.0 Å². The lowest BCUT2D eigenvalue weighted by molar-refractivity contribution is 0.0949. The molecule has 11 heteroatoms. The summed E-state index contributed by atoms with van der Waals surface area (Å²) in [6, 6.07) is 33.9. The molecule has 0 unspecified atom stereocenters. The highest BCUT2D eigenvalue weighted by Crippen LogP contribution is 2.31. The van der Waals surface area contributed by atoms with Crippen molar-refractivity contribution < 1.29 is 9.59 Å². The lowest BCUT2D eigenvalue weighted by Crippen LogP contribution is -2.23. The number of pyridine rings is 2. The highest BCUT2D eigenvalue weighted by Gasteiger charge is 2.19. The Bertz CT molecular complexity index is 2260. The molecule has 0 aliphatic heterocycles. The molecule has 0 radical (unpaired) electrons. The zero-order valence-electron chi connectivity index (χ0n) is 25.3. The van der Waals surface area contributed by atoms with Crippen LogP contribution in [0.15, 0.2) is 115 Å². The SMILES string of the molecule is Cc1cc(C(N)=O)n(-c2ccc(C(=O)NCc3ccc(-n4c(-c5cccnc5N)nc5ccc(-c6ccccc6)nc54)cc3)cc2)n1. The molecule has 0 saturated heterocycles. The first kappa shape index (κ1) is 29.1. The zero-order valence-corrected chi connectivity index (χ0v) is 25.3. The number of carbonyl (C=O) groups excluding carboxylic acids is 2. The molecule has 2 amide bonds. The maximum atomic E-state index is 13.0. The molecule has 0 saturated carbocycles. The Balaban J connectivity index is 1.14. The first-order chi connectivity index (χ1) is 22.9. The molecule has 0 aliphatic carbocycles. The molecule has 0 aliphatic rings. The van der Waals surface area contributed by atoms with Crippen molar-refractivity contribution in [2.45, 2.75) is 13.5 Å². The van der Waals surface area contributed by atoms with Crippen molar-refractivity contribution >= 4 is 28.8 Å². The lowest BCUT2D eigenvalue weighted by atomic mass is 10.1. The Labute approximate surface area is 269 Å². The van der Waals surface area contributed by atoms with Gasteiger partial charge in [0.15, 0.2) is 11.5 Å². The van der Waals surface area contributed by atoms with Crippen LogP contribution in [0, 0.1) is 6.92 Å². The number of nitrogens with one attached hydrogen (secondary N) is 1. The first-order valence-corrected chi connectivity index (χ1v) is 14.9. The number of aryl methyl sites for hydroxylation is 1. The number of anilines is 1. The molecule has 3 aromatic carbocycles. The van der Waals surface area contributed by atoms with E-state index in [2.05, 4.69) is 15.4 Å². The van der Waals surface area contributed by atoms with Gasteiger partial charge in [-0.2, -0.15) is 5.10 Å². The minimum absolute atomic E-state index is 0.236. The van der Waals surface area contributed by atoms with Crippen molar-refractivity contribution in [1.82, 2.24) is 34.6 Å². The van der Waals surface area contributed by atoms with Crippen molar-refractivity contribution in [1.29, 1.82) is 0 Å². The molecule has 47 heavy (non-hydrogen) atoms. The summed E-state index contributed by atoms with van der Waals surface area (Å²) in [6.07, 6.45) is 1.65. The second-order valence-corrected chi connectivity index (χ2v) is 11.0. The van der Waals surface area contributed by atoms with Gasteiger partial charge in [0.25, 0.3) is 11.8 Å². The minimum Gasteiger partial charge on any atom is -0.383 e. The Morgan fingerprint density at radius 1 is 0.830 bits per heavy atom. The number of rotatable bonds is 8. The molecule has 5 N–H and O–H groups in total. The number of imidazole rings is 1. The summed E-state index contributed by atoms with van der Waals surface area (Å²) in [4.78, 5) is 39.0. The van der Waals surface area contributed by atoms with Crippen LogP contribution in [0.5, 0.6) is 0 Å². The van der Waals surface area contributed by atoms with Gasteiger partial charge in [-0.15, -0.1) is 0 Å². The van der Waals surface area contributed by atoms with Crippen LogP contribution in [-0.4, -0.2) is 41.1 Å². The lowest BCUT2D eigenvalue weighted by Gasteiger charge is -2.12. The van der Waals surface area contributed by atoms with Crippen LogP contribution in [0.3, 0.4) is 0 Å². The summed E-state index contributed by atoms with van der Waals surface area (Å²) in [5.41, 5.74) is 19.5. The van der Waals surface area contributed by atoms with E-state index in [1.54, 1.807) is 43.5 Å². The van der Waals surface area contributed by atoms with Crippen molar-refractivity contribution in [2.75, 3.05) is 5.73 Å². The highest BCUT2D eigenvalue weighted by atomic mass is 16.2. The van der Waals surface area contributed by atoms with Gasteiger partial charge in [0, 0.05) is 29.6 Å². The molecule has 7 rings (SSSR count). The largest absolute Gasteiger partial charge is 0.383 e. The third-order valence-electron chi connectivity index (χ3n) is 7.76. The number of aromatic nitrogens is 6. The number of hydrogen-bond acceptors (Lipinski definition) is 7. The molecule has 7 aromatic rings. The van der Waals surface area contributed by atoms with Crippen LogP contribution in [0.1, 0.15) is 32.1 Å². The number of nitrogens with two attached hydrogens (primary N) is 2. The van der Waals surface area contributed by atoms with E-state index in [0.717, 1.165) is 28.0 Å². The quantitative estimate of drug-likeness (QED) is 0.209. The number of nitrogen functional groups attached to an aromatic ring is 1. The number of fused-ring (bicyclic) bond motifs is 1. The van der Waals surface area contributed by atoms with Crippen LogP contribution in [0.25, 0.3) is 45.2 Å². The van der Waals surface area contributed by atoms with Gasteiger partial charge in [-0.1, -0.05) is 42.5 Å². The van der Waals surface area contributed by atoms with Gasteiger partial charge < -0.3 is 16.8 Å². The number of carbonyl (C=O) groups is 2. The molecule has 11 nitrogen and oxygen atoms in total. The van der Waals surface area contributed by atoms with Gasteiger partial charge in [0.05, 0.1) is 22.6 Å². The first-order valence-electron chi connectivity index (χ1n) is 14.9. The summed E-state index contributed by atoms with van der Waals surface area (Å²) >= 11 is 0. The molecule has 4 heterocycles. The molecule has 230 valence electrons. The molecule has 4 aromatic heterocycles. The smallest absolute Gasteiger partial charge is 0.267 e. The third kappa shape index (κ3) is 5.69. The van der Waals surface area contributed by atoms with E-state index in [9.17, 15) is 9.59 Å². The molecule has 0 atom stereocenters. The summed E-state index contributed by atoms with van der Waals surface area (Å²) in [6.45, 7) is 2.09. The summed E-state index contributed by atoms with van der Waals surface area (Å²) in [5, 5.41) is 7.31. The molecule has 0 bridgehead atoms. The van der Waals surface area contributed by atoms with Gasteiger partial charge in [-0.25, -0.2) is 19.6 Å². The number of benzene rings is 3. The second kappa shape index (κ2) is 12.1. The van der Waals surface area contributed by atoms with Crippen LogP contribution in [0.2, 0.25) is 0 Å². The average molecular weight is 620 g/mol. The molecular formula is C36H29N9O2. The topological polar surface area (TPSA) is 160 Å². The molecule has 0 fully saturated rings. The average Bonchev–Trinajstić information content (AvgIpc) is 3.68. The molecule has 0 spiro atoms. The van der Waals surface area contributed by atoms with Crippen LogP contribution in [0.4, 0.5) is 5.82 Å². The fourth-order valence-corrected chi connectivity index (χ4v) is 5.43. The van der Waals surface area contributed by atoms with Crippen LogP contribution < -0.4 is 16.8 Å². The van der Waals surface area contributed by atoms with Crippen LogP contribution >= 0.6 is 0 Å². The fourth-order valence-electron chi connectivity index (χ4n) is 5.43. The third-order valence-corrected chi connectivity index (χ3v) is 7.76. The van der Waals surface area contributed by atoms with Crippen molar-refractivity contribution in [3.8, 4) is 34.0 Å².